The minimum Gasteiger partial charge on any atom is -0.338 e. The number of rotatable bonds is 3. The first-order valence-electron chi connectivity index (χ1n) is 8.79. The third kappa shape index (κ3) is 2.66. The van der Waals surface area contributed by atoms with E-state index in [0.29, 0.717) is 41.0 Å². The van der Waals surface area contributed by atoms with Crippen LogP contribution in [0.5, 0.6) is 0 Å². The third-order valence-corrected chi connectivity index (χ3v) is 4.83. The molecule has 0 radical (unpaired) electrons. The molecule has 4 heterocycles. The van der Waals surface area contributed by atoms with E-state index < -0.39 is 0 Å². The SMILES string of the molecule is O=C1CCCN1Cc1cccc(-c2nc3c([nH]c4nccnc43)c(=O)[nH]2)c1. The standard InChI is InChI=1S/C19H16N6O2/c26-13-5-2-8-25(13)10-11-3-1-4-12(9-11)17-22-14-15-18(21-7-6-20-15)23-16(14)19(27)24-17/h1,3-4,6-7,9H,2,5,8,10H2,(H,21,23)(H,22,24,27). The Morgan fingerprint density at radius 1 is 1.07 bits per heavy atom. The van der Waals surface area contributed by atoms with Crippen molar-refractivity contribution < 1.29 is 4.79 Å². The molecule has 5 rings (SSSR count). The molecular formula is C19H16N6O2. The molecule has 0 aliphatic carbocycles. The number of amides is 1. The van der Waals surface area contributed by atoms with Crippen molar-refractivity contribution in [3.05, 3.63) is 52.6 Å². The van der Waals surface area contributed by atoms with E-state index in [1.54, 1.807) is 12.4 Å². The minimum absolute atomic E-state index is 0.186. The van der Waals surface area contributed by atoms with Gasteiger partial charge in [-0.1, -0.05) is 18.2 Å². The number of carbonyl (C=O) groups excluding carboxylic acids is 1. The Morgan fingerprint density at radius 3 is 2.81 bits per heavy atom. The van der Waals surface area contributed by atoms with Crippen molar-refractivity contribution in [2.24, 2.45) is 0 Å². The van der Waals surface area contributed by atoms with E-state index >= 15 is 0 Å². The molecule has 8 heteroatoms. The highest BCUT2D eigenvalue weighted by molar-refractivity contribution is 6.00. The van der Waals surface area contributed by atoms with Crippen LogP contribution in [0.1, 0.15) is 18.4 Å². The second-order valence-electron chi connectivity index (χ2n) is 6.64. The van der Waals surface area contributed by atoms with Gasteiger partial charge in [-0.3, -0.25) is 9.59 Å². The zero-order valence-corrected chi connectivity index (χ0v) is 14.4. The predicted octanol–water partition coefficient (Wildman–Crippen LogP) is 1.98. The fourth-order valence-electron chi connectivity index (χ4n) is 3.53. The van der Waals surface area contributed by atoms with E-state index in [-0.39, 0.29) is 11.5 Å². The van der Waals surface area contributed by atoms with Crippen molar-refractivity contribution >= 4 is 28.1 Å². The lowest BCUT2D eigenvalue weighted by molar-refractivity contribution is -0.128. The average Bonchev–Trinajstić information content (AvgIpc) is 3.26. The molecule has 2 N–H and O–H groups in total. The highest BCUT2D eigenvalue weighted by Gasteiger charge is 2.20. The van der Waals surface area contributed by atoms with Crippen molar-refractivity contribution in [3.8, 4) is 11.4 Å². The molecule has 0 unspecified atom stereocenters. The first-order chi connectivity index (χ1) is 13.2. The summed E-state index contributed by atoms with van der Waals surface area (Å²) in [5.41, 5.74) is 3.48. The lowest BCUT2D eigenvalue weighted by Gasteiger charge is -2.15. The molecule has 8 nitrogen and oxygen atoms in total. The molecule has 1 saturated heterocycles. The summed E-state index contributed by atoms with van der Waals surface area (Å²) in [7, 11) is 0. The van der Waals surface area contributed by atoms with Crippen LogP contribution in [-0.2, 0) is 11.3 Å². The van der Waals surface area contributed by atoms with Gasteiger partial charge in [-0.2, -0.15) is 0 Å². The second-order valence-corrected chi connectivity index (χ2v) is 6.64. The highest BCUT2D eigenvalue weighted by Crippen LogP contribution is 2.22. The van der Waals surface area contributed by atoms with Gasteiger partial charge in [-0.25, -0.2) is 15.0 Å². The number of benzene rings is 1. The molecule has 4 aromatic rings. The number of aromatic amines is 2. The zero-order valence-electron chi connectivity index (χ0n) is 14.4. The van der Waals surface area contributed by atoms with Crippen molar-refractivity contribution in [3.63, 3.8) is 0 Å². The van der Waals surface area contributed by atoms with Gasteiger partial charge in [0.25, 0.3) is 5.56 Å². The summed E-state index contributed by atoms with van der Waals surface area (Å²) >= 11 is 0. The monoisotopic (exact) mass is 360 g/mol. The minimum atomic E-state index is -0.269. The molecule has 134 valence electrons. The van der Waals surface area contributed by atoms with Gasteiger partial charge in [0.15, 0.2) is 5.65 Å². The Hall–Kier alpha value is -3.55. The number of carbonyl (C=O) groups is 1. The van der Waals surface area contributed by atoms with Gasteiger partial charge in [0.2, 0.25) is 5.91 Å². The van der Waals surface area contributed by atoms with Crippen LogP contribution in [0.4, 0.5) is 0 Å². The van der Waals surface area contributed by atoms with E-state index in [0.717, 1.165) is 24.1 Å². The summed E-state index contributed by atoms with van der Waals surface area (Å²) in [6, 6.07) is 7.73. The van der Waals surface area contributed by atoms with E-state index in [9.17, 15) is 9.59 Å². The van der Waals surface area contributed by atoms with Crippen LogP contribution < -0.4 is 5.56 Å². The van der Waals surface area contributed by atoms with Crippen molar-refractivity contribution in [1.82, 2.24) is 29.8 Å². The predicted molar refractivity (Wildman–Crippen MR) is 99.9 cm³/mol. The lowest BCUT2D eigenvalue weighted by Crippen LogP contribution is -2.23. The first kappa shape index (κ1) is 15.7. The second kappa shape index (κ2) is 6.01. The maximum atomic E-state index is 12.5. The highest BCUT2D eigenvalue weighted by atomic mass is 16.2. The van der Waals surface area contributed by atoms with E-state index in [4.69, 9.17) is 0 Å². The summed E-state index contributed by atoms with van der Waals surface area (Å²) < 4.78 is 0. The fourth-order valence-corrected chi connectivity index (χ4v) is 3.53. The van der Waals surface area contributed by atoms with E-state index in [2.05, 4.69) is 24.9 Å². The molecule has 3 aromatic heterocycles. The number of nitrogens with zero attached hydrogens (tertiary/aromatic N) is 4. The maximum absolute atomic E-state index is 12.5. The largest absolute Gasteiger partial charge is 0.338 e. The molecule has 0 bridgehead atoms. The molecule has 1 aromatic carbocycles. The molecular weight excluding hydrogens is 344 g/mol. The molecule has 0 spiro atoms. The molecule has 27 heavy (non-hydrogen) atoms. The van der Waals surface area contributed by atoms with E-state index in [1.807, 2.05) is 29.2 Å². The summed E-state index contributed by atoms with van der Waals surface area (Å²) in [5, 5.41) is 0. The maximum Gasteiger partial charge on any atom is 0.275 e. The van der Waals surface area contributed by atoms with Crippen LogP contribution in [-0.4, -0.2) is 42.3 Å². The number of hydrogen-bond donors (Lipinski definition) is 2. The van der Waals surface area contributed by atoms with Crippen LogP contribution in [0.15, 0.2) is 41.5 Å². The molecule has 1 aliphatic heterocycles. The van der Waals surface area contributed by atoms with E-state index in [1.165, 1.54) is 0 Å². The summed E-state index contributed by atoms with van der Waals surface area (Å²) in [5.74, 6) is 0.652. The lowest BCUT2D eigenvalue weighted by atomic mass is 10.1. The Bertz CT molecular complexity index is 1240. The average molecular weight is 360 g/mol. The van der Waals surface area contributed by atoms with Crippen molar-refractivity contribution in [2.75, 3.05) is 6.54 Å². The topological polar surface area (TPSA) is 108 Å². The first-order valence-corrected chi connectivity index (χ1v) is 8.79. The van der Waals surface area contributed by atoms with Crippen molar-refractivity contribution in [2.45, 2.75) is 19.4 Å². The van der Waals surface area contributed by atoms with Gasteiger partial charge in [0.05, 0.1) is 0 Å². The molecule has 1 amide bonds. The smallest absolute Gasteiger partial charge is 0.275 e. The van der Waals surface area contributed by atoms with Gasteiger partial charge in [-0.05, 0) is 18.1 Å². The molecule has 0 atom stereocenters. The molecule has 0 saturated carbocycles. The normalized spacial score (nSPS) is 14.5. The Labute approximate surface area is 153 Å². The Morgan fingerprint density at radius 2 is 1.96 bits per heavy atom. The van der Waals surface area contributed by atoms with Crippen LogP contribution >= 0.6 is 0 Å². The van der Waals surface area contributed by atoms with Gasteiger partial charge in [-0.15, -0.1) is 0 Å². The van der Waals surface area contributed by atoms with Gasteiger partial charge in [0.1, 0.15) is 22.4 Å². The summed E-state index contributed by atoms with van der Waals surface area (Å²) in [4.78, 5) is 45.1. The fraction of sp³-hybridized carbons (Fsp3) is 0.211. The van der Waals surface area contributed by atoms with Gasteiger partial charge in [0, 0.05) is 37.5 Å². The number of H-pyrrole nitrogens is 2. The number of fused-ring (bicyclic) bond motifs is 3. The third-order valence-electron chi connectivity index (χ3n) is 4.83. The number of hydrogen-bond acceptors (Lipinski definition) is 5. The van der Waals surface area contributed by atoms with Crippen LogP contribution in [0.25, 0.3) is 33.6 Å². The quantitative estimate of drug-likeness (QED) is 0.581. The number of aromatic nitrogens is 5. The molecule has 1 fully saturated rings. The van der Waals surface area contributed by atoms with Crippen LogP contribution in [0.2, 0.25) is 0 Å². The van der Waals surface area contributed by atoms with Crippen LogP contribution in [0, 0.1) is 0 Å². The summed E-state index contributed by atoms with van der Waals surface area (Å²) in [6.07, 6.45) is 4.67. The summed E-state index contributed by atoms with van der Waals surface area (Å²) in [6.45, 7) is 1.36. The number of nitrogens with one attached hydrogen (secondary N) is 2. The molecule has 1 aliphatic rings. The Kier molecular flexibility index (Phi) is 3.49. The van der Waals surface area contributed by atoms with Crippen LogP contribution in [0.3, 0.4) is 0 Å². The number of likely N-dealkylation sites (tertiary alicyclic amines) is 1. The van der Waals surface area contributed by atoms with Gasteiger partial charge < -0.3 is 14.9 Å². The van der Waals surface area contributed by atoms with Crippen molar-refractivity contribution in [1.29, 1.82) is 0 Å². The Balaban J connectivity index is 1.59. The zero-order chi connectivity index (χ0) is 18.4. The van der Waals surface area contributed by atoms with Gasteiger partial charge >= 0.3 is 0 Å².